The summed E-state index contributed by atoms with van der Waals surface area (Å²) >= 11 is 0. The van der Waals surface area contributed by atoms with Gasteiger partial charge in [-0.05, 0) is 48.2 Å². The Morgan fingerprint density at radius 2 is 1.91 bits per heavy atom. The fraction of sp³-hybridized carbons (Fsp3) is 0.263. The van der Waals surface area contributed by atoms with Crippen molar-refractivity contribution >= 4 is 11.3 Å². The lowest BCUT2D eigenvalue weighted by Gasteiger charge is -2.15. The van der Waals surface area contributed by atoms with Crippen molar-refractivity contribution in [3.63, 3.8) is 0 Å². The van der Waals surface area contributed by atoms with Crippen molar-refractivity contribution in [2.24, 2.45) is 5.73 Å². The van der Waals surface area contributed by atoms with Crippen molar-refractivity contribution in [3.8, 4) is 0 Å². The molecule has 1 unspecified atom stereocenters. The Balaban J connectivity index is 1.90. The van der Waals surface area contributed by atoms with Crippen LogP contribution in [0.25, 0.3) is 11.3 Å². The first-order chi connectivity index (χ1) is 10.8. The Bertz CT molecular complexity index is 766. The highest BCUT2D eigenvalue weighted by molar-refractivity contribution is 5.92. The van der Waals surface area contributed by atoms with Gasteiger partial charge in [0.15, 0.2) is 0 Å². The molecular weight excluding hydrogens is 277 g/mol. The molecule has 0 aromatic heterocycles. The van der Waals surface area contributed by atoms with E-state index in [1.165, 1.54) is 22.8 Å². The fourth-order valence-electron chi connectivity index (χ4n) is 3.49. The second-order valence-electron chi connectivity index (χ2n) is 5.96. The van der Waals surface area contributed by atoms with Gasteiger partial charge in [0.2, 0.25) is 0 Å². The van der Waals surface area contributed by atoms with Gasteiger partial charge >= 0.3 is 0 Å². The molecule has 0 bridgehead atoms. The van der Waals surface area contributed by atoms with Crippen LogP contribution in [0.3, 0.4) is 0 Å². The standard InChI is InChI=1S/C19H18FNO/c20-14-6-5-13-9-12-3-1-2-4-16(12)18-11-15(7-8-21)22-19(18)17(13)10-14/h1-6,10,15H,7-9,11,21H2. The Morgan fingerprint density at radius 1 is 1.09 bits per heavy atom. The van der Waals surface area contributed by atoms with Gasteiger partial charge in [-0.3, -0.25) is 0 Å². The van der Waals surface area contributed by atoms with Crippen LogP contribution in [0.15, 0.2) is 42.5 Å². The van der Waals surface area contributed by atoms with Crippen LogP contribution < -0.4 is 5.73 Å². The highest BCUT2D eigenvalue weighted by Gasteiger charge is 2.31. The second kappa shape index (κ2) is 5.25. The zero-order valence-electron chi connectivity index (χ0n) is 12.3. The quantitative estimate of drug-likeness (QED) is 0.916. The van der Waals surface area contributed by atoms with Crippen molar-refractivity contribution in [1.82, 2.24) is 0 Å². The zero-order chi connectivity index (χ0) is 15.1. The average Bonchev–Trinajstić information content (AvgIpc) is 2.89. The van der Waals surface area contributed by atoms with Crippen LogP contribution in [0.2, 0.25) is 0 Å². The minimum Gasteiger partial charge on any atom is -0.489 e. The van der Waals surface area contributed by atoms with Crippen LogP contribution >= 0.6 is 0 Å². The van der Waals surface area contributed by atoms with Crippen LogP contribution in [0.5, 0.6) is 0 Å². The summed E-state index contributed by atoms with van der Waals surface area (Å²) in [5.74, 6) is 0.625. The van der Waals surface area contributed by atoms with Crippen molar-refractivity contribution in [2.75, 3.05) is 6.54 Å². The first kappa shape index (κ1) is 13.5. The van der Waals surface area contributed by atoms with E-state index < -0.39 is 0 Å². The van der Waals surface area contributed by atoms with Crippen LogP contribution in [-0.2, 0) is 11.2 Å². The van der Waals surface area contributed by atoms with E-state index in [1.54, 1.807) is 6.07 Å². The molecule has 1 atom stereocenters. The molecule has 2 aromatic carbocycles. The summed E-state index contributed by atoms with van der Waals surface area (Å²) in [6, 6.07) is 13.4. The summed E-state index contributed by atoms with van der Waals surface area (Å²) < 4.78 is 19.9. The second-order valence-corrected chi connectivity index (χ2v) is 5.96. The molecule has 2 N–H and O–H groups in total. The molecule has 0 saturated carbocycles. The predicted octanol–water partition coefficient (Wildman–Crippen LogP) is 3.74. The molecule has 0 radical (unpaired) electrons. The van der Waals surface area contributed by atoms with Crippen LogP contribution in [0.1, 0.15) is 35.1 Å². The molecule has 22 heavy (non-hydrogen) atoms. The predicted molar refractivity (Wildman–Crippen MR) is 85.6 cm³/mol. The molecule has 1 aliphatic carbocycles. The van der Waals surface area contributed by atoms with E-state index in [2.05, 4.69) is 24.3 Å². The number of nitrogens with two attached hydrogens (primary N) is 1. The molecule has 1 aliphatic heterocycles. The number of rotatable bonds is 2. The summed E-state index contributed by atoms with van der Waals surface area (Å²) in [4.78, 5) is 0. The van der Waals surface area contributed by atoms with Gasteiger partial charge in [-0.25, -0.2) is 4.39 Å². The van der Waals surface area contributed by atoms with E-state index in [0.717, 1.165) is 36.1 Å². The van der Waals surface area contributed by atoms with E-state index in [9.17, 15) is 4.39 Å². The number of fused-ring (bicyclic) bond motifs is 4. The SMILES string of the molecule is NCCC1CC2=C(O1)c1cc(F)ccc1Cc1ccccc12. The van der Waals surface area contributed by atoms with Gasteiger partial charge in [0, 0.05) is 17.6 Å². The fourth-order valence-corrected chi connectivity index (χ4v) is 3.49. The molecule has 112 valence electrons. The molecule has 4 rings (SSSR count). The molecule has 0 fully saturated rings. The van der Waals surface area contributed by atoms with Gasteiger partial charge in [-0.1, -0.05) is 30.3 Å². The molecule has 2 aliphatic rings. The van der Waals surface area contributed by atoms with Gasteiger partial charge in [-0.15, -0.1) is 0 Å². The Labute approximate surface area is 129 Å². The third kappa shape index (κ3) is 2.13. The van der Waals surface area contributed by atoms with Gasteiger partial charge in [0.25, 0.3) is 0 Å². The maximum absolute atomic E-state index is 13.8. The van der Waals surface area contributed by atoms with E-state index >= 15 is 0 Å². The lowest BCUT2D eigenvalue weighted by Crippen LogP contribution is -2.13. The van der Waals surface area contributed by atoms with E-state index in [1.807, 2.05) is 6.07 Å². The van der Waals surface area contributed by atoms with E-state index in [-0.39, 0.29) is 11.9 Å². The summed E-state index contributed by atoms with van der Waals surface area (Å²) in [6.45, 7) is 0.600. The van der Waals surface area contributed by atoms with Gasteiger partial charge in [0.1, 0.15) is 17.7 Å². The lowest BCUT2D eigenvalue weighted by atomic mass is 9.95. The van der Waals surface area contributed by atoms with Crippen LogP contribution in [0, 0.1) is 5.82 Å². The number of hydrogen-bond donors (Lipinski definition) is 1. The third-order valence-corrected chi connectivity index (χ3v) is 4.52. The van der Waals surface area contributed by atoms with Crippen molar-refractivity contribution in [1.29, 1.82) is 0 Å². The normalized spacial score (nSPS) is 19.1. The average molecular weight is 295 g/mol. The molecule has 0 amide bonds. The van der Waals surface area contributed by atoms with Gasteiger partial charge in [-0.2, -0.15) is 0 Å². The van der Waals surface area contributed by atoms with E-state index in [4.69, 9.17) is 10.5 Å². The highest BCUT2D eigenvalue weighted by Crippen LogP contribution is 2.44. The Morgan fingerprint density at radius 3 is 2.77 bits per heavy atom. The third-order valence-electron chi connectivity index (χ3n) is 4.52. The molecule has 2 nitrogen and oxygen atoms in total. The van der Waals surface area contributed by atoms with Crippen LogP contribution in [-0.4, -0.2) is 12.6 Å². The minimum atomic E-state index is -0.220. The maximum atomic E-state index is 13.8. The van der Waals surface area contributed by atoms with Crippen molar-refractivity contribution < 1.29 is 9.13 Å². The monoisotopic (exact) mass is 295 g/mol. The number of halogens is 1. The lowest BCUT2D eigenvalue weighted by molar-refractivity contribution is 0.183. The zero-order valence-corrected chi connectivity index (χ0v) is 12.3. The molecule has 2 aromatic rings. The number of benzene rings is 2. The number of ether oxygens (including phenoxy) is 1. The summed E-state index contributed by atoms with van der Waals surface area (Å²) in [5.41, 5.74) is 11.4. The van der Waals surface area contributed by atoms with Gasteiger partial charge in [0.05, 0.1) is 0 Å². The number of hydrogen-bond acceptors (Lipinski definition) is 2. The molecule has 0 spiro atoms. The minimum absolute atomic E-state index is 0.0947. The Kier molecular flexibility index (Phi) is 3.23. The first-order valence-electron chi connectivity index (χ1n) is 7.73. The molecule has 1 heterocycles. The molecule has 3 heteroatoms. The molecule has 0 saturated heterocycles. The summed E-state index contributed by atoms with van der Waals surface area (Å²) in [7, 11) is 0. The van der Waals surface area contributed by atoms with Gasteiger partial charge < -0.3 is 10.5 Å². The van der Waals surface area contributed by atoms with Crippen molar-refractivity contribution in [3.05, 3.63) is 70.5 Å². The largest absolute Gasteiger partial charge is 0.489 e. The molecular formula is C19H18FNO. The van der Waals surface area contributed by atoms with E-state index in [0.29, 0.717) is 6.54 Å². The van der Waals surface area contributed by atoms with Crippen molar-refractivity contribution in [2.45, 2.75) is 25.4 Å². The summed E-state index contributed by atoms with van der Waals surface area (Å²) in [5, 5.41) is 0. The Hall–Kier alpha value is -2.13. The first-order valence-corrected chi connectivity index (χ1v) is 7.73. The van der Waals surface area contributed by atoms with Crippen LogP contribution in [0.4, 0.5) is 4.39 Å². The highest BCUT2D eigenvalue weighted by atomic mass is 19.1. The topological polar surface area (TPSA) is 35.2 Å². The smallest absolute Gasteiger partial charge is 0.131 e. The summed E-state index contributed by atoms with van der Waals surface area (Å²) in [6.07, 6.45) is 2.57. The maximum Gasteiger partial charge on any atom is 0.131 e.